The van der Waals surface area contributed by atoms with Crippen LogP contribution in [0.3, 0.4) is 0 Å². The lowest BCUT2D eigenvalue weighted by atomic mass is 10.00. The average Bonchev–Trinajstić information content (AvgIpc) is 2.79. The van der Waals surface area contributed by atoms with Crippen LogP contribution in [-0.4, -0.2) is 23.6 Å². The molecule has 1 aliphatic carbocycles. The molecule has 1 aliphatic rings. The summed E-state index contributed by atoms with van der Waals surface area (Å²) in [5, 5.41) is 12.7. The minimum atomic E-state index is 0.244. The molecule has 92 valence electrons. The predicted molar refractivity (Wildman–Crippen MR) is 71.6 cm³/mol. The van der Waals surface area contributed by atoms with Crippen molar-refractivity contribution in [1.82, 2.24) is 5.32 Å². The molecule has 0 amide bonds. The second-order valence-corrected chi connectivity index (χ2v) is 6.02. The van der Waals surface area contributed by atoms with Gasteiger partial charge in [-0.3, -0.25) is 0 Å². The Hall–Kier alpha value is -0.200. The van der Waals surface area contributed by atoms with E-state index in [1.807, 2.05) is 11.8 Å². The van der Waals surface area contributed by atoms with Gasteiger partial charge in [0, 0.05) is 17.3 Å². The van der Waals surface area contributed by atoms with Gasteiger partial charge in [0.1, 0.15) is 0 Å². The number of rotatable bonds is 6. The smallest absolute Gasteiger partial charge is 0.0672 e. The van der Waals surface area contributed by atoms with Crippen molar-refractivity contribution >= 4 is 11.8 Å². The van der Waals surface area contributed by atoms with Crippen molar-refractivity contribution in [3.8, 4) is 6.07 Å². The quantitative estimate of drug-likeness (QED) is 0.774. The van der Waals surface area contributed by atoms with E-state index >= 15 is 0 Å². The molecule has 1 saturated carbocycles. The molecule has 0 aliphatic heterocycles. The molecule has 2 unspecified atom stereocenters. The van der Waals surface area contributed by atoms with Crippen molar-refractivity contribution in [3.63, 3.8) is 0 Å². The third-order valence-electron chi connectivity index (χ3n) is 4.09. The van der Waals surface area contributed by atoms with Crippen LogP contribution in [0, 0.1) is 17.2 Å². The molecule has 3 heteroatoms. The van der Waals surface area contributed by atoms with Gasteiger partial charge in [0.15, 0.2) is 0 Å². The molecule has 1 rings (SSSR count). The molecule has 2 atom stereocenters. The van der Waals surface area contributed by atoms with Gasteiger partial charge < -0.3 is 5.32 Å². The lowest BCUT2D eigenvalue weighted by Gasteiger charge is -2.32. The molecule has 0 bridgehead atoms. The van der Waals surface area contributed by atoms with Crippen LogP contribution in [0.15, 0.2) is 0 Å². The second kappa shape index (κ2) is 6.51. The lowest BCUT2D eigenvalue weighted by molar-refractivity contribution is 0.412. The molecule has 0 aromatic heterocycles. The van der Waals surface area contributed by atoms with Gasteiger partial charge in [0.2, 0.25) is 0 Å². The minimum absolute atomic E-state index is 0.244. The Kier molecular flexibility index (Phi) is 5.64. The van der Waals surface area contributed by atoms with Gasteiger partial charge in [-0.1, -0.05) is 20.3 Å². The summed E-state index contributed by atoms with van der Waals surface area (Å²) >= 11 is 1.96. The SMILES string of the molecule is CCC(CC)(CNC1CCCC1C#N)SC. The highest BCUT2D eigenvalue weighted by atomic mass is 32.2. The van der Waals surface area contributed by atoms with E-state index in [-0.39, 0.29) is 5.92 Å². The first-order chi connectivity index (χ1) is 7.71. The first-order valence-corrected chi connectivity index (χ1v) is 7.62. The Balaban J connectivity index is 2.46. The van der Waals surface area contributed by atoms with Crippen LogP contribution in [0.1, 0.15) is 46.0 Å². The van der Waals surface area contributed by atoms with Crippen molar-refractivity contribution in [2.75, 3.05) is 12.8 Å². The van der Waals surface area contributed by atoms with E-state index < -0.39 is 0 Å². The van der Waals surface area contributed by atoms with E-state index in [2.05, 4.69) is 31.5 Å². The number of thioether (sulfide) groups is 1. The molecule has 0 aromatic carbocycles. The maximum Gasteiger partial charge on any atom is 0.0672 e. The van der Waals surface area contributed by atoms with Crippen LogP contribution in [0.2, 0.25) is 0 Å². The molecule has 1 N–H and O–H groups in total. The van der Waals surface area contributed by atoms with Gasteiger partial charge in [-0.2, -0.15) is 17.0 Å². The Morgan fingerprint density at radius 2 is 2.06 bits per heavy atom. The fourth-order valence-corrected chi connectivity index (χ4v) is 3.34. The third-order valence-corrected chi connectivity index (χ3v) is 5.68. The van der Waals surface area contributed by atoms with Gasteiger partial charge in [-0.05, 0) is 31.9 Å². The zero-order chi connectivity index (χ0) is 12.0. The van der Waals surface area contributed by atoms with Crippen molar-refractivity contribution in [3.05, 3.63) is 0 Å². The summed E-state index contributed by atoms with van der Waals surface area (Å²) in [5.41, 5.74) is 0. The van der Waals surface area contributed by atoms with Crippen molar-refractivity contribution in [2.24, 2.45) is 5.92 Å². The van der Waals surface area contributed by atoms with Gasteiger partial charge in [0.05, 0.1) is 12.0 Å². The number of nitrogens with one attached hydrogen (secondary N) is 1. The van der Waals surface area contributed by atoms with E-state index in [0.717, 1.165) is 13.0 Å². The molecule has 0 aromatic rings. The summed E-state index contributed by atoms with van der Waals surface area (Å²) in [7, 11) is 0. The van der Waals surface area contributed by atoms with Gasteiger partial charge in [0.25, 0.3) is 0 Å². The first-order valence-electron chi connectivity index (χ1n) is 6.39. The van der Waals surface area contributed by atoms with Crippen molar-refractivity contribution < 1.29 is 0 Å². The maximum absolute atomic E-state index is 9.04. The topological polar surface area (TPSA) is 35.8 Å². The molecular weight excluding hydrogens is 216 g/mol. The highest BCUT2D eigenvalue weighted by Gasteiger charge is 2.30. The zero-order valence-electron chi connectivity index (χ0n) is 10.8. The molecular formula is C13H24N2S. The van der Waals surface area contributed by atoms with Crippen molar-refractivity contribution in [1.29, 1.82) is 5.26 Å². The predicted octanol–water partition coefficient (Wildman–Crippen LogP) is 3.19. The number of nitriles is 1. The normalized spacial score (nSPS) is 25.6. The second-order valence-electron chi connectivity index (χ2n) is 4.75. The van der Waals surface area contributed by atoms with E-state index in [1.165, 1.54) is 25.7 Å². The average molecular weight is 240 g/mol. The fourth-order valence-electron chi connectivity index (χ4n) is 2.54. The zero-order valence-corrected chi connectivity index (χ0v) is 11.6. The van der Waals surface area contributed by atoms with Crippen LogP contribution in [0.5, 0.6) is 0 Å². The Bertz CT molecular complexity index is 235. The molecule has 0 spiro atoms. The molecule has 0 radical (unpaired) electrons. The highest BCUT2D eigenvalue weighted by molar-refractivity contribution is 8.00. The summed E-state index contributed by atoms with van der Waals surface area (Å²) in [6, 6.07) is 2.87. The highest BCUT2D eigenvalue weighted by Crippen LogP contribution is 2.31. The molecule has 2 nitrogen and oxygen atoms in total. The van der Waals surface area contributed by atoms with Crippen LogP contribution in [-0.2, 0) is 0 Å². The molecule has 1 fully saturated rings. The number of hydrogen-bond donors (Lipinski definition) is 1. The van der Waals surface area contributed by atoms with E-state index in [1.54, 1.807) is 0 Å². The van der Waals surface area contributed by atoms with Crippen LogP contribution in [0.4, 0.5) is 0 Å². The lowest BCUT2D eigenvalue weighted by Crippen LogP contribution is -2.42. The minimum Gasteiger partial charge on any atom is -0.311 e. The van der Waals surface area contributed by atoms with Crippen LogP contribution in [0.25, 0.3) is 0 Å². The molecule has 0 saturated heterocycles. The summed E-state index contributed by atoms with van der Waals surface area (Å²) in [6.07, 6.45) is 8.06. The van der Waals surface area contributed by atoms with Crippen LogP contribution >= 0.6 is 11.8 Å². The monoisotopic (exact) mass is 240 g/mol. The Morgan fingerprint density at radius 3 is 2.56 bits per heavy atom. The summed E-state index contributed by atoms with van der Waals surface area (Å²) < 4.78 is 0.364. The van der Waals surface area contributed by atoms with E-state index in [4.69, 9.17) is 5.26 Å². The maximum atomic E-state index is 9.04. The largest absolute Gasteiger partial charge is 0.311 e. The van der Waals surface area contributed by atoms with Gasteiger partial charge in [-0.25, -0.2) is 0 Å². The van der Waals surface area contributed by atoms with E-state index in [0.29, 0.717) is 10.8 Å². The summed E-state index contributed by atoms with van der Waals surface area (Å²) in [4.78, 5) is 0. The Labute approximate surface area is 104 Å². The summed E-state index contributed by atoms with van der Waals surface area (Å²) in [5.74, 6) is 0.244. The standard InChI is InChI=1S/C13H24N2S/c1-4-13(5-2,16-3)10-15-12-8-6-7-11(12)9-14/h11-12,15H,4-8,10H2,1-3H3. The van der Waals surface area contributed by atoms with Gasteiger partial charge >= 0.3 is 0 Å². The third kappa shape index (κ3) is 3.15. The van der Waals surface area contributed by atoms with Crippen molar-refractivity contribution in [2.45, 2.75) is 56.7 Å². The number of nitrogens with zero attached hydrogens (tertiary/aromatic N) is 1. The fraction of sp³-hybridized carbons (Fsp3) is 0.923. The van der Waals surface area contributed by atoms with E-state index in [9.17, 15) is 0 Å². The van der Waals surface area contributed by atoms with Crippen LogP contribution < -0.4 is 5.32 Å². The molecule has 16 heavy (non-hydrogen) atoms. The number of hydrogen-bond acceptors (Lipinski definition) is 3. The molecule has 0 heterocycles. The first kappa shape index (κ1) is 13.9. The summed E-state index contributed by atoms with van der Waals surface area (Å²) in [6.45, 7) is 5.57. The van der Waals surface area contributed by atoms with Gasteiger partial charge in [-0.15, -0.1) is 0 Å². The Morgan fingerprint density at radius 1 is 1.38 bits per heavy atom.